The SMILES string of the molecule is CCOC(=O)CCNc1nnc(C)c(C)c1C#N. The number of nitrogens with one attached hydrogen (secondary N) is 1. The lowest BCUT2D eigenvalue weighted by Gasteiger charge is -2.09. The van der Waals surface area contributed by atoms with Gasteiger partial charge in [0.15, 0.2) is 5.82 Å². The molecule has 0 saturated carbocycles. The first kappa shape index (κ1) is 13.9. The lowest BCUT2D eigenvalue weighted by Crippen LogP contribution is -2.14. The Balaban J connectivity index is 2.66. The first-order valence-electron chi connectivity index (χ1n) is 5.73. The summed E-state index contributed by atoms with van der Waals surface area (Å²) in [5.41, 5.74) is 1.99. The predicted molar refractivity (Wildman–Crippen MR) is 66.0 cm³/mol. The Morgan fingerprint density at radius 1 is 1.44 bits per heavy atom. The highest BCUT2D eigenvalue weighted by Gasteiger charge is 2.10. The number of ether oxygens (including phenoxy) is 1. The number of esters is 1. The summed E-state index contributed by atoms with van der Waals surface area (Å²) in [6, 6.07) is 2.09. The third kappa shape index (κ3) is 3.42. The van der Waals surface area contributed by atoms with Gasteiger partial charge in [0.05, 0.1) is 18.7 Å². The van der Waals surface area contributed by atoms with E-state index in [2.05, 4.69) is 21.6 Å². The normalized spacial score (nSPS) is 9.67. The highest BCUT2D eigenvalue weighted by molar-refractivity contribution is 5.70. The van der Waals surface area contributed by atoms with Gasteiger partial charge in [-0.15, -0.1) is 5.10 Å². The number of rotatable bonds is 5. The third-order valence-corrected chi connectivity index (χ3v) is 2.49. The van der Waals surface area contributed by atoms with Gasteiger partial charge in [0.1, 0.15) is 11.6 Å². The number of nitrogens with zero attached hydrogens (tertiary/aromatic N) is 3. The third-order valence-electron chi connectivity index (χ3n) is 2.49. The van der Waals surface area contributed by atoms with Gasteiger partial charge in [-0.1, -0.05) is 0 Å². The largest absolute Gasteiger partial charge is 0.466 e. The first-order chi connectivity index (χ1) is 8.60. The molecule has 0 atom stereocenters. The molecule has 0 amide bonds. The van der Waals surface area contributed by atoms with Crippen LogP contribution in [0.4, 0.5) is 5.82 Å². The van der Waals surface area contributed by atoms with E-state index < -0.39 is 0 Å². The molecule has 18 heavy (non-hydrogen) atoms. The molecule has 96 valence electrons. The highest BCUT2D eigenvalue weighted by Crippen LogP contribution is 2.16. The molecule has 1 aromatic rings. The van der Waals surface area contributed by atoms with E-state index in [9.17, 15) is 4.79 Å². The van der Waals surface area contributed by atoms with E-state index in [1.54, 1.807) is 13.8 Å². The Morgan fingerprint density at radius 2 is 2.17 bits per heavy atom. The molecular weight excluding hydrogens is 232 g/mol. The average molecular weight is 248 g/mol. The summed E-state index contributed by atoms with van der Waals surface area (Å²) >= 11 is 0. The van der Waals surface area contributed by atoms with Gasteiger partial charge in [-0.3, -0.25) is 4.79 Å². The number of anilines is 1. The number of hydrogen-bond acceptors (Lipinski definition) is 6. The molecule has 0 saturated heterocycles. The average Bonchev–Trinajstić information content (AvgIpc) is 2.34. The fourth-order valence-corrected chi connectivity index (χ4v) is 1.39. The Kier molecular flexibility index (Phi) is 5.06. The van der Waals surface area contributed by atoms with Crippen LogP contribution in [0.2, 0.25) is 0 Å². The van der Waals surface area contributed by atoms with Gasteiger partial charge < -0.3 is 10.1 Å². The number of carbonyl (C=O) groups is 1. The van der Waals surface area contributed by atoms with Gasteiger partial charge in [0, 0.05) is 6.54 Å². The summed E-state index contributed by atoms with van der Waals surface area (Å²) in [4.78, 5) is 11.1. The molecule has 1 rings (SSSR count). The molecule has 0 radical (unpaired) electrons. The second-order valence-electron chi connectivity index (χ2n) is 3.73. The van der Waals surface area contributed by atoms with Crippen LogP contribution >= 0.6 is 0 Å². The van der Waals surface area contributed by atoms with Crippen molar-refractivity contribution in [2.75, 3.05) is 18.5 Å². The molecule has 0 bridgehead atoms. The molecule has 1 aromatic heterocycles. The van der Waals surface area contributed by atoms with Crippen LogP contribution in [0.25, 0.3) is 0 Å². The van der Waals surface area contributed by atoms with E-state index in [0.29, 0.717) is 24.5 Å². The zero-order valence-corrected chi connectivity index (χ0v) is 10.8. The van der Waals surface area contributed by atoms with Crippen molar-refractivity contribution in [3.05, 3.63) is 16.8 Å². The minimum absolute atomic E-state index is 0.229. The summed E-state index contributed by atoms with van der Waals surface area (Å²) in [5, 5.41) is 19.9. The van der Waals surface area contributed by atoms with Crippen LogP contribution in [0.5, 0.6) is 0 Å². The smallest absolute Gasteiger partial charge is 0.307 e. The van der Waals surface area contributed by atoms with Crippen LogP contribution in [0.15, 0.2) is 0 Å². The van der Waals surface area contributed by atoms with Crippen LogP contribution in [0.1, 0.15) is 30.2 Å². The topological polar surface area (TPSA) is 87.9 Å². The molecule has 0 fully saturated rings. The van der Waals surface area contributed by atoms with Crippen LogP contribution in [0.3, 0.4) is 0 Å². The molecular formula is C12H16N4O2. The Labute approximate surface area is 106 Å². The van der Waals surface area contributed by atoms with Gasteiger partial charge in [-0.05, 0) is 26.3 Å². The predicted octanol–water partition coefficient (Wildman–Crippen LogP) is 1.33. The van der Waals surface area contributed by atoms with Crippen LogP contribution in [0, 0.1) is 25.2 Å². The first-order valence-corrected chi connectivity index (χ1v) is 5.73. The molecule has 1 N–H and O–H groups in total. The monoisotopic (exact) mass is 248 g/mol. The summed E-state index contributed by atoms with van der Waals surface area (Å²) < 4.78 is 4.80. The van der Waals surface area contributed by atoms with Crippen molar-refractivity contribution in [1.29, 1.82) is 5.26 Å². The molecule has 0 aliphatic carbocycles. The standard InChI is InChI=1S/C12H16N4O2/c1-4-18-11(17)5-6-14-12-10(7-13)8(2)9(3)15-16-12/h4-6H2,1-3H3,(H,14,16). The maximum atomic E-state index is 11.1. The van der Waals surface area contributed by atoms with E-state index in [-0.39, 0.29) is 12.4 Å². The fraction of sp³-hybridized carbons (Fsp3) is 0.500. The van der Waals surface area contributed by atoms with Gasteiger partial charge in [-0.25, -0.2) is 0 Å². The Morgan fingerprint density at radius 3 is 2.78 bits per heavy atom. The van der Waals surface area contributed by atoms with Gasteiger partial charge in [-0.2, -0.15) is 10.4 Å². The van der Waals surface area contributed by atoms with E-state index in [0.717, 1.165) is 11.3 Å². The minimum Gasteiger partial charge on any atom is -0.466 e. The quantitative estimate of drug-likeness (QED) is 0.791. The molecule has 0 unspecified atom stereocenters. The van der Waals surface area contributed by atoms with E-state index in [4.69, 9.17) is 10.00 Å². The van der Waals surface area contributed by atoms with Crippen molar-refractivity contribution in [2.24, 2.45) is 0 Å². The van der Waals surface area contributed by atoms with Crippen molar-refractivity contribution in [3.8, 4) is 6.07 Å². The van der Waals surface area contributed by atoms with E-state index in [1.807, 2.05) is 6.92 Å². The Hall–Kier alpha value is -2.16. The highest BCUT2D eigenvalue weighted by atomic mass is 16.5. The zero-order chi connectivity index (χ0) is 13.5. The summed E-state index contributed by atoms with van der Waals surface area (Å²) in [6.07, 6.45) is 0.229. The van der Waals surface area contributed by atoms with Crippen molar-refractivity contribution >= 4 is 11.8 Å². The summed E-state index contributed by atoms with van der Waals surface area (Å²) in [7, 11) is 0. The lowest BCUT2D eigenvalue weighted by atomic mass is 10.1. The number of aromatic nitrogens is 2. The number of aryl methyl sites for hydroxylation is 1. The minimum atomic E-state index is -0.277. The second kappa shape index (κ2) is 6.55. The second-order valence-corrected chi connectivity index (χ2v) is 3.73. The Bertz CT molecular complexity index is 480. The van der Waals surface area contributed by atoms with Crippen LogP contribution in [-0.2, 0) is 9.53 Å². The van der Waals surface area contributed by atoms with Crippen molar-refractivity contribution in [1.82, 2.24) is 10.2 Å². The molecule has 0 spiro atoms. The van der Waals surface area contributed by atoms with E-state index in [1.165, 1.54) is 0 Å². The van der Waals surface area contributed by atoms with Gasteiger partial charge in [0.25, 0.3) is 0 Å². The van der Waals surface area contributed by atoms with Gasteiger partial charge in [0.2, 0.25) is 0 Å². The zero-order valence-electron chi connectivity index (χ0n) is 10.8. The number of carbonyl (C=O) groups excluding carboxylic acids is 1. The van der Waals surface area contributed by atoms with Crippen LogP contribution < -0.4 is 5.32 Å². The molecule has 6 nitrogen and oxygen atoms in total. The maximum absolute atomic E-state index is 11.1. The number of hydrogen-bond donors (Lipinski definition) is 1. The molecule has 0 aliphatic heterocycles. The summed E-state index contributed by atoms with van der Waals surface area (Å²) in [6.45, 7) is 6.11. The van der Waals surface area contributed by atoms with E-state index >= 15 is 0 Å². The molecule has 0 aromatic carbocycles. The van der Waals surface area contributed by atoms with Crippen molar-refractivity contribution in [2.45, 2.75) is 27.2 Å². The van der Waals surface area contributed by atoms with Crippen molar-refractivity contribution < 1.29 is 9.53 Å². The van der Waals surface area contributed by atoms with Gasteiger partial charge >= 0.3 is 5.97 Å². The molecule has 0 aliphatic rings. The van der Waals surface area contributed by atoms with Crippen molar-refractivity contribution in [3.63, 3.8) is 0 Å². The molecule has 1 heterocycles. The number of nitriles is 1. The summed E-state index contributed by atoms with van der Waals surface area (Å²) in [5.74, 6) is 0.130. The fourth-order valence-electron chi connectivity index (χ4n) is 1.39. The lowest BCUT2D eigenvalue weighted by molar-refractivity contribution is -0.142. The molecule has 6 heteroatoms. The maximum Gasteiger partial charge on any atom is 0.307 e. The van der Waals surface area contributed by atoms with Crippen LogP contribution in [-0.4, -0.2) is 29.3 Å².